The van der Waals surface area contributed by atoms with Crippen molar-refractivity contribution in [2.24, 2.45) is 0 Å². The van der Waals surface area contributed by atoms with Crippen LogP contribution in [0.4, 0.5) is 8.78 Å². The Hall–Kier alpha value is -1.40. The largest absolute Gasteiger partial charge is 0.308 e. The Morgan fingerprint density at radius 3 is 2.45 bits per heavy atom. The first kappa shape index (κ1) is 15.0. The second-order valence-corrected chi connectivity index (χ2v) is 5.53. The summed E-state index contributed by atoms with van der Waals surface area (Å²) >= 11 is 1.37. The smallest absolute Gasteiger partial charge is 0.148 e. The normalized spacial score (nSPS) is 12.6. The number of nitrogens with zero attached hydrogens (tertiary/aromatic N) is 2. The third-order valence-electron chi connectivity index (χ3n) is 2.90. The molecule has 1 aromatic heterocycles. The molecule has 0 saturated carbocycles. The van der Waals surface area contributed by atoms with Gasteiger partial charge in [-0.15, -0.1) is 10.2 Å². The lowest BCUT2D eigenvalue weighted by Gasteiger charge is -2.12. The number of hydrogen-bond acceptors (Lipinski definition) is 4. The highest BCUT2D eigenvalue weighted by Gasteiger charge is 2.15. The SMILES string of the molecule is CCCNC(CC)c1nnc(-c2cc(F)cc(F)c2)s1. The van der Waals surface area contributed by atoms with Crippen LogP contribution in [0.15, 0.2) is 18.2 Å². The van der Waals surface area contributed by atoms with Crippen LogP contribution in [0.25, 0.3) is 10.6 Å². The molecule has 0 saturated heterocycles. The van der Waals surface area contributed by atoms with Crippen LogP contribution in [0.2, 0.25) is 0 Å². The van der Waals surface area contributed by atoms with Crippen LogP contribution in [0.5, 0.6) is 0 Å². The second kappa shape index (κ2) is 6.85. The average molecular weight is 297 g/mol. The van der Waals surface area contributed by atoms with Crippen LogP contribution >= 0.6 is 11.3 Å². The molecule has 1 aromatic carbocycles. The zero-order valence-corrected chi connectivity index (χ0v) is 12.3. The van der Waals surface area contributed by atoms with Crippen molar-refractivity contribution in [2.45, 2.75) is 32.7 Å². The quantitative estimate of drug-likeness (QED) is 0.877. The van der Waals surface area contributed by atoms with Gasteiger partial charge in [0.1, 0.15) is 21.6 Å². The number of halogens is 2. The zero-order valence-electron chi connectivity index (χ0n) is 11.5. The summed E-state index contributed by atoms with van der Waals surface area (Å²) in [5, 5.41) is 12.9. The van der Waals surface area contributed by atoms with Gasteiger partial charge in [0.25, 0.3) is 0 Å². The summed E-state index contributed by atoms with van der Waals surface area (Å²) in [6, 6.07) is 3.53. The molecule has 0 aliphatic carbocycles. The molecule has 3 nitrogen and oxygen atoms in total. The van der Waals surface area contributed by atoms with Gasteiger partial charge in [-0.2, -0.15) is 0 Å². The van der Waals surface area contributed by atoms with E-state index in [0.717, 1.165) is 30.5 Å². The molecule has 0 aliphatic rings. The minimum absolute atomic E-state index is 0.139. The molecule has 2 aromatic rings. The maximum absolute atomic E-state index is 13.2. The van der Waals surface area contributed by atoms with Gasteiger partial charge in [0.05, 0.1) is 6.04 Å². The van der Waals surface area contributed by atoms with Crippen LogP contribution in [0, 0.1) is 11.6 Å². The minimum atomic E-state index is -0.604. The Bertz CT molecular complexity index is 551. The first-order valence-electron chi connectivity index (χ1n) is 6.67. The molecule has 2 rings (SSSR count). The van der Waals surface area contributed by atoms with Gasteiger partial charge in [0, 0.05) is 11.6 Å². The van der Waals surface area contributed by atoms with Crippen LogP contribution in [0.3, 0.4) is 0 Å². The lowest BCUT2D eigenvalue weighted by Crippen LogP contribution is -2.21. The summed E-state index contributed by atoms with van der Waals surface area (Å²) in [6.07, 6.45) is 1.93. The van der Waals surface area contributed by atoms with Crippen LogP contribution < -0.4 is 5.32 Å². The van der Waals surface area contributed by atoms with E-state index in [1.165, 1.54) is 23.5 Å². The summed E-state index contributed by atoms with van der Waals surface area (Å²) in [5.74, 6) is -1.21. The minimum Gasteiger partial charge on any atom is -0.308 e. The number of benzene rings is 1. The predicted molar refractivity (Wildman–Crippen MR) is 76.6 cm³/mol. The van der Waals surface area contributed by atoms with E-state index in [2.05, 4.69) is 29.4 Å². The fourth-order valence-corrected chi connectivity index (χ4v) is 2.88. The van der Waals surface area contributed by atoms with Crippen molar-refractivity contribution in [1.82, 2.24) is 15.5 Å². The van der Waals surface area contributed by atoms with E-state index in [-0.39, 0.29) is 6.04 Å². The molecule has 1 unspecified atom stereocenters. The van der Waals surface area contributed by atoms with Crippen molar-refractivity contribution in [3.8, 4) is 10.6 Å². The van der Waals surface area contributed by atoms with E-state index in [9.17, 15) is 8.78 Å². The molecule has 0 spiro atoms. The standard InChI is InChI=1S/C14H17F2N3S/c1-3-5-17-12(4-2)14-19-18-13(20-14)9-6-10(15)8-11(16)7-9/h6-8,12,17H,3-5H2,1-2H3. The van der Waals surface area contributed by atoms with Crippen LogP contribution in [0.1, 0.15) is 37.7 Å². The lowest BCUT2D eigenvalue weighted by molar-refractivity contribution is 0.513. The summed E-state index contributed by atoms with van der Waals surface area (Å²) in [4.78, 5) is 0. The molecule has 20 heavy (non-hydrogen) atoms. The van der Waals surface area contributed by atoms with Crippen molar-refractivity contribution in [3.63, 3.8) is 0 Å². The Balaban J connectivity index is 2.23. The predicted octanol–water partition coefficient (Wildman–Crippen LogP) is 3.93. The summed E-state index contributed by atoms with van der Waals surface area (Å²) in [7, 11) is 0. The fraction of sp³-hybridized carbons (Fsp3) is 0.429. The van der Waals surface area contributed by atoms with E-state index < -0.39 is 11.6 Å². The van der Waals surface area contributed by atoms with E-state index in [1.54, 1.807) is 0 Å². The Morgan fingerprint density at radius 1 is 1.15 bits per heavy atom. The van der Waals surface area contributed by atoms with Gasteiger partial charge in [-0.1, -0.05) is 25.2 Å². The second-order valence-electron chi connectivity index (χ2n) is 4.52. The molecule has 0 amide bonds. The van der Waals surface area contributed by atoms with Gasteiger partial charge < -0.3 is 5.32 Å². The zero-order chi connectivity index (χ0) is 14.5. The Kier molecular flexibility index (Phi) is 5.14. The van der Waals surface area contributed by atoms with Crippen molar-refractivity contribution < 1.29 is 8.78 Å². The van der Waals surface area contributed by atoms with Gasteiger partial charge >= 0.3 is 0 Å². The van der Waals surface area contributed by atoms with E-state index in [4.69, 9.17) is 0 Å². The number of rotatable bonds is 6. The molecule has 6 heteroatoms. The first-order valence-corrected chi connectivity index (χ1v) is 7.49. The van der Waals surface area contributed by atoms with Crippen molar-refractivity contribution in [3.05, 3.63) is 34.8 Å². The molecule has 1 N–H and O–H groups in total. The number of aromatic nitrogens is 2. The molecule has 108 valence electrons. The summed E-state index contributed by atoms with van der Waals surface area (Å²) in [5.41, 5.74) is 0.427. The van der Waals surface area contributed by atoms with Crippen LogP contribution in [-0.2, 0) is 0 Å². The highest BCUT2D eigenvalue weighted by molar-refractivity contribution is 7.14. The van der Waals surface area contributed by atoms with Gasteiger partial charge in [-0.05, 0) is 31.5 Å². The summed E-state index contributed by atoms with van der Waals surface area (Å²) < 4.78 is 26.4. The molecule has 1 heterocycles. The van der Waals surface area contributed by atoms with Crippen molar-refractivity contribution >= 4 is 11.3 Å². The van der Waals surface area contributed by atoms with Gasteiger partial charge in [-0.25, -0.2) is 8.78 Å². The molecular formula is C14H17F2N3S. The van der Waals surface area contributed by atoms with Crippen molar-refractivity contribution in [1.29, 1.82) is 0 Å². The molecule has 1 atom stereocenters. The highest BCUT2D eigenvalue weighted by Crippen LogP contribution is 2.29. The van der Waals surface area contributed by atoms with E-state index in [0.29, 0.717) is 10.6 Å². The topological polar surface area (TPSA) is 37.8 Å². The Morgan fingerprint density at radius 2 is 1.85 bits per heavy atom. The molecule has 0 aliphatic heterocycles. The first-order chi connectivity index (χ1) is 9.63. The van der Waals surface area contributed by atoms with E-state index >= 15 is 0 Å². The number of nitrogens with one attached hydrogen (secondary N) is 1. The maximum Gasteiger partial charge on any atom is 0.148 e. The molecule has 0 bridgehead atoms. The average Bonchev–Trinajstić information content (AvgIpc) is 2.88. The molecule has 0 fully saturated rings. The third kappa shape index (κ3) is 3.58. The third-order valence-corrected chi connectivity index (χ3v) is 3.98. The Labute approximate surface area is 121 Å². The lowest BCUT2D eigenvalue weighted by atomic mass is 10.2. The molecular weight excluding hydrogens is 280 g/mol. The highest BCUT2D eigenvalue weighted by atomic mass is 32.1. The van der Waals surface area contributed by atoms with Gasteiger partial charge in [0.15, 0.2) is 0 Å². The number of hydrogen-bond donors (Lipinski definition) is 1. The molecule has 0 radical (unpaired) electrons. The maximum atomic E-state index is 13.2. The van der Waals surface area contributed by atoms with Gasteiger partial charge in [-0.3, -0.25) is 0 Å². The fourth-order valence-electron chi connectivity index (χ4n) is 1.89. The summed E-state index contributed by atoms with van der Waals surface area (Å²) in [6.45, 7) is 5.07. The van der Waals surface area contributed by atoms with Crippen molar-refractivity contribution in [2.75, 3.05) is 6.54 Å². The van der Waals surface area contributed by atoms with Crippen LogP contribution in [-0.4, -0.2) is 16.7 Å². The van der Waals surface area contributed by atoms with Gasteiger partial charge in [0.2, 0.25) is 0 Å². The van der Waals surface area contributed by atoms with E-state index in [1.807, 2.05) is 0 Å². The monoisotopic (exact) mass is 297 g/mol.